The lowest BCUT2D eigenvalue weighted by atomic mass is 10.2. The lowest BCUT2D eigenvalue weighted by molar-refractivity contribution is 0.307. The van der Waals surface area contributed by atoms with Crippen LogP contribution in [0.3, 0.4) is 0 Å². The monoisotopic (exact) mass is 296 g/mol. The van der Waals surface area contributed by atoms with Crippen molar-refractivity contribution >= 4 is 10.8 Å². The number of aromatic nitrogens is 3. The molecule has 7 heteroatoms. The van der Waals surface area contributed by atoms with Crippen molar-refractivity contribution in [3.63, 3.8) is 0 Å². The summed E-state index contributed by atoms with van der Waals surface area (Å²) in [5.41, 5.74) is 1.05. The molecule has 1 aromatic heterocycles. The van der Waals surface area contributed by atoms with E-state index >= 15 is 0 Å². The van der Waals surface area contributed by atoms with Crippen molar-refractivity contribution < 1.29 is 8.60 Å². The Balaban J connectivity index is 1.89. The molecule has 0 saturated heterocycles. The molecule has 1 atom stereocenters. The number of benzene rings is 1. The molecule has 0 amide bonds. The molecule has 20 heavy (non-hydrogen) atoms. The first-order valence-electron chi connectivity index (χ1n) is 6.20. The number of likely N-dealkylation sites (N-methyl/N-ethyl adjacent to an activating group) is 1. The third kappa shape index (κ3) is 3.94. The summed E-state index contributed by atoms with van der Waals surface area (Å²) in [6.45, 7) is 2.16. The van der Waals surface area contributed by atoms with Crippen LogP contribution in [0.4, 0.5) is 4.39 Å². The maximum absolute atomic E-state index is 12.8. The Morgan fingerprint density at radius 1 is 1.35 bits per heavy atom. The van der Waals surface area contributed by atoms with Crippen LogP contribution in [0.15, 0.2) is 35.7 Å². The van der Waals surface area contributed by atoms with Crippen LogP contribution in [0, 0.1) is 5.82 Å². The van der Waals surface area contributed by atoms with E-state index in [1.165, 1.54) is 12.1 Å². The van der Waals surface area contributed by atoms with Gasteiger partial charge in [-0.05, 0) is 24.7 Å². The SMILES string of the molecule is CN(CCn1cnnc1[S@@](C)=O)Cc1ccc(F)cc1. The summed E-state index contributed by atoms with van der Waals surface area (Å²) in [6, 6.07) is 6.47. The summed E-state index contributed by atoms with van der Waals surface area (Å²) in [7, 11) is 0.847. The van der Waals surface area contributed by atoms with Crippen LogP contribution in [0.2, 0.25) is 0 Å². The Labute approximate surface area is 119 Å². The van der Waals surface area contributed by atoms with Crippen molar-refractivity contribution in [2.45, 2.75) is 18.2 Å². The molecular formula is C13H17FN4OS. The van der Waals surface area contributed by atoms with Crippen molar-refractivity contribution in [2.24, 2.45) is 0 Å². The second kappa shape index (κ2) is 6.71. The van der Waals surface area contributed by atoms with E-state index in [1.807, 2.05) is 7.05 Å². The van der Waals surface area contributed by atoms with Crippen molar-refractivity contribution in [2.75, 3.05) is 19.8 Å². The topological polar surface area (TPSA) is 51.0 Å². The number of nitrogens with zero attached hydrogens (tertiary/aromatic N) is 4. The van der Waals surface area contributed by atoms with Crippen LogP contribution in [-0.4, -0.2) is 43.7 Å². The summed E-state index contributed by atoms with van der Waals surface area (Å²) in [4.78, 5) is 2.11. The zero-order valence-corrected chi connectivity index (χ0v) is 12.3. The van der Waals surface area contributed by atoms with Crippen molar-refractivity contribution in [3.8, 4) is 0 Å². The molecule has 1 aromatic carbocycles. The summed E-state index contributed by atoms with van der Waals surface area (Å²) >= 11 is 0. The van der Waals surface area contributed by atoms with Crippen LogP contribution < -0.4 is 0 Å². The van der Waals surface area contributed by atoms with E-state index in [4.69, 9.17) is 0 Å². The lowest BCUT2D eigenvalue weighted by Gasteiger charge is -2.17. The van der Waals surface area contributed by atoms with Crippen LogP contribution in [0.5, 0.6) is 0 Å². The zero-order valence-electron chi connectivity index (χ0n) is 11.5. The quantitative estimate of drug-likeness (QED) is 0.806. The van der Waals surface area contributed by atoms with E-state index in [0.29, 0.717) is 11.7 Å². The van der Waals surface area contributed by atoms with E-state index in [2.05, 4.69) is 15.1 Å². The summed E-state index contributed by atoms with van der Waals surface area (Å²) < 4.78 is 26.0. The minimum absolute atomic E-state index is 0.226. The molecule has 0 bridgehead atoms. The third-order valence-corrected chi connectivity index (χ3v) is 3.76. The average molecular weight is 296 g/mol. The van der Waals surface area contributed by atoms with Crippen LogP contribution in [0.25, 0.3) is 0 Å². The molecule has 0 aliphatic rings. The molecule has 0 radical (unpaired) electrons. The normalized spacial score (nSPS) is 12.8. The first-order chi connectivity index (χ1) is 9.56. The summed E-state index contributed by atoms with van der Waals surface area (Å²) in [5.74, 6) is -0.226. The molecule has 1 heterocycles. The first-order valence-corrected chi connectivity index (χ1v) is 7.76. The van der Waals surface area contributed by atoms with E-state index in [9.17, 15) is 8.60 Å². The number of hydrogen-bond donors (Lipinski definition) is 0. The second-order valence-electron chi connectivity index (χ2n) is 4.63. The smallest absolute Gasteiger partial charge is 0.221 e. The van der Waals surface area contributed by atoms with Crippen molar-refractivity contribution in [3.05, 3.63) is 42.0 Å². The van der Waals surface area contributed by atoms with Gasteiger partial charge in [0.15, 0.2) is 0 Å². The fourth-order valence-corrected chi connectivity index (χ4v) is 2.51. The van der Waals surface area contributed by atoms with Crippen molar-refractivity contribution in [1.29, 1.82) is 0 Å². The minimum atomic E-state index is -1.14. The number of hydrogen-bond acceptors (Lipinski definition) is 4. The standard InChI is InChI=1S/C13H17FN4OS/c1-17(9-11-3-5-12(14)6-4-11)7-8-18-10-15-16-13(18)20(2)19/h3-6,10H,7-9H2,1-2H3/t20-/m1/s1. The summed E-state index contributed by atoms with van der Waals surface area (Å²) in [5, 5.41) is 8.10. The largest absolute Gasteiger partial charge is 0.305 e. The lowest BCUT2D eigenvalue weighted by Crippen LogP contribution is -2.23. The Hall–Kier alpha value is -1.60. The van der Waals surface area contributed by atoms with Gasteiger partial charge in [-0.15, -0.1) is 10.2 Å². The Bertz CT molecular complexity index is 584. The molecule has 2 rings (SSSR count). The fraction of sp³-hybridized carbons (Fsp3) is 0.385. The van der Waals surface area contributed by atoms with Gasteiger partial charge < -0.3 is 9.47 Å². The highest BCUT2D eigenvalue weighted by molar-refractivity contribution is 7.84. The number of rotatable bonds is 6. The van der Waals surface area contributed by atoms with Gasteiger partial charge in [0, 0.05) is 25.9 Å². The molecule has 0 unspecified atom stereocenters. The fourth-order valence-electron chi connectivity index (χ4n) is 1.88. The van der Waals surface area contributed by atoms with Gasteiger partial charge in [0.1, 0.15) is 12.1 Å². The molecule has 0 aliphatic heterocycles. The molecule has 0 fully saturated rings. The van der Waals surface area contributed by atoms with Gasteiger partial charge in [-0.25, -0.2) is 4.39 Å². The van der Waals surface area contributed by atoms with E-state index in [0.717, 1.165) is 18.7 Å². The number of halogens is 1. The van der Waals surface area contributed by atoms with E-state index in [1.54, 1.807) is 29.3 Å². The molecule has 5 nitrogen and oxygen atoms in total. The molecule has 0 aliphatic carbocycles. The zero-order chi connectivity index (χ0) is 14.5. The van der Waals surface area contributed by atoms with Gasteiger partial charge in [0.2, 0.25) is 5.16 Å². The first kappa shape index (κ1) is 14.8. The highest BCUT2D eigenvalue weighted by atomic mass is 32.2. The molecule has 108 valence electrons. The maximum Gasteiger partial charge on any atom is 0.221 e. The van der Waals surface area contributed by atoms with E-state index < -0.39 is 10.8 Å². The highest BCUT2D eigenvalue weighted by Crippen LogP contribution is 2.06. The Morgan fingerprint density at radius 2 is 2.05 bits per heavy atom. The minimum Gasteiger partial charge on any atom is -0.305 e. The van der Waals surface area contributed by atoms with E-state index in [-0.39, 0.29) is 5.82 Å². The molecular weight excluding hydrogens is 279 g/mol. The third-order valence-electron chi connectivity index (χ3n) is 2.93. The van der Waals surface area contributed by atoms with Gasteiger partial charge in [-0.2, -0.15) is 0 Å². The van der Waals surface area contributed by atoms with Gasteiger partial charge in [-0.1, -0.05) is 12.1 Å². The van der Waals surface area contributed by atoms with Gasteiger partial charge in [0.05, 0.1) is 10.8 Å². The molecule has 0 N–H and O–H groups in total. The van der Waals surface area contributed by atoms with Crippen LogP contribution in [-0.2, 0) is 23.9 Å². The Kier molecular flexibility index (Phi) is 4.97. The highest BCUT2D eigenvalue weighted by Gasteiger charge is 2.08. The Morgan fingerprint density at radius 3 is 2.70 bits per heavy atom. The molecule has 2 aromatic rings. The van der Waals surface area contributed by atoms with Gasteiger partial charge in [-0.3, -0.25) is 4.21 Å². The second-order valence-corrected chi connectivity index (χ2v) is 5.90. The predicted octanol–water partition coefficient (Wildman–Crippen LogP) is 1.29. The summed E-state index contributed by atoms with van der Waals surface area (Å²) in [6.07, 6.45) is 3.17. The van der Waals surface area contributed by atoms with Gasteiger partial charge in [0.25, 0.3) is 0 Å². The van der Waals surface area contributed by atoms with Crippen LogP contribution >= 0.6 is 0 Å². The predicted molar refractivity (Wildman–Crippen MR) is 75.1 cm³/mol. The maximum atomic E-state index is 12.8. The van der Waals surface area contributed by atoms with Crippen molar-refractivity contribution in [1.82, 2.24) is 19.7 Å². The van der Waals surface area contributed by atoms with Gasteiger partial charge >= 0.3 is 0 Å². The molecule has 0 saturated carbocycles. The average Bonchev–Trinajstić information content (AvgIpc) is 2.88. The molecule has 0 spiro atoms. The van der Waals surface area contributed by atoms with Crippen LogP contribution in [0.1, 0.15) is 5.56 Å².